The number of aromatic nitrogens is 1. The summed E-state index contributed by atoms with van der Waals surface area (Å²) in [5, 5.41) is 0.785. The second kappa shape index (κ2) is 9.09. The topological polar surface area (TPSA) is 51.7 Å². The van der Waals surface area contributed by atoms with Crippen molar-refractivity contribution in [2.24, 2.45) is 0 Å². The minimum absolute atomic E-state index is 0.0508. The number of rotatable bonds is 7. The number of hydrogen-bond donors (Lipinski definition) is 0. The van der Waals surface area contributed by atoms with Crippen LogP contribution in [0.1, 0.15) is 37.1 Å². The number of amides is 1. The van der Waals surface area contributed by atoms with E-state index in [-0.39, 0.29) is 5.91 Å². The molecular formula is C23H26N2O3S. The zero-order valence-electron chi connectivity index (χ0n) is 17.5. The highest BCUT2D eigenvalue weighted by Gasteiger charge is 2.20. The fourth-order valence-corrected chi connectivity index (χ4v) is 4.00. The van der Waals surface area contributed by atoms with Gasteiger partial charge in [-0.2, -0.15) is 0 Å². The van der Waals surface area contributed by atoms with Gasteiger partial charge in [-0.1, -0.05) is 35.4 Å². The lowest BCUT2D eigenvalue weighted by molar-refractivity contribution is 0.0788. The summed E-state index contributed by atoms with van der Waals surface area (Å²) in [6, 6.07) is 13.9. The second-order valence-electron chi connectivity index (χ2n) is 7.10. The third kappa shape index (κ3) is 5.15. The van der Waals surface area contributed by atoms with E-state index in [2.05, 4.69) is 4.98 Å². The van der Waals surface area contributed by atoms with Gasteiger partial charge in [-0.3, -0.25) is 4.79 Å². The molecule has 0 fully saturated rings. The van der Waals surface area contributed by atoms with Crippen LogP contribution in [0.3, 0.4) is 0 Å². The van der Waals surface area contributed by atoms with Crippen molar-refractivity contribution in [2.45, 2.75) is 33.9 Å². The molecule has 0 saturated heterocycles. The van der Waals surface area contributed by atoms with Crippen LogP contribution < -0.4 is 9.47 Å². The van der Waals surface area contributed by atoms with Crippen LogP contribution in [0.2, 0.25) is 0 Å². The predicted octanol–water partition coefficient (Wildman–Crippen LogP) is 4.93. The zero-order valence-corrected chi connectivity index (χ0v) is 18.3. The molecular weight excluding hydrogens is 384 g/mol. The highest BCUT2D eigenvalue weighted by Crippen LogP contribution is 2.25. The minimum Gasteiger partial charge on any atom is -0.496 e. The van der Waals surface area contributed by atoms with E-state index in [0.717, 1.165) is 33.3 Å². The largest absolute Gasteiger partial charge is 0.496 e. The standard InChI is InChI=1S/C23H26N2O3S/c1-15-6-9-19(10-7-15)28-14-21-24-17(3)22(29-21)23(26)25(4)13-18-12-16(2)8-11-20(18)27-5/h6-12H,13-14H2,1-5H3. The van der Waals surface area contributed by atoms with Crippen molar-refractivity contribution in [3.63, 3.8) is 0 Å². The van der Waals surface area contributed by atoms with Gasteiger partial charge in [0.25, 0.3) is 5.91 Å². The molecule has 29 heavy (non-hydrogen) atoms. The number of aryl methyl sites for hydroxylation is 3. The van der Waals surface area contributed by atoms with Gasteiger partial charge < -0.3 is 14.4 Å². The first kappa shape index (κ1) is 20.9. The molecule has 0 atom stereocenters. The van der Waals surface area contributed by atoms with Crippen molar-refractivity contribution in [1.29, 1.82) is 0 Å². The number of hydrogen-bond acceptors (Lipinski definition) is 5. The van der Waals surface area contributed by atoms with Crippen LogP contribution in [0, 0.1) is 20.8 Å². The van der Waals surface area contributed by atoms with Crippen molar-refractivity contribution in [3.05, 3.63) is 74.7 Å². The van der Waals surface area contributed by atoms with Gasteiger partial charge in [0, 0.05) is 19.2 Å². The van der Waals surface area contributed by atoms with Gasteiger partial charge in [-0.05, 0) is 39.0 Å². The second-order valence-corrected chi connectivity index (χ2v) is 8.18. The van der Waals surface area contributed by atoms with E-state index in [1.807, 2.05) is 63.2 Å². The van der Waals surface area contributed by atoms with Crippen LogP contribution in [-0.2, 0) is 13.2 Å². The van der Waals surface area contributed by atoms with E-state index >= 15 is 0 Å². The van der Waals surface area contributed by atoms with Gasteiger partial charge in [0.05, 0.1) is 12.8 Å². The number of carbonyl (C=O) groups excluding carboxylic acids is 1. The molecule has 0 spiro atoms. The molecule has 0 aliphatic rings. The summed E-state index contributed by atoms with van der Waals surface area (Å²) in [5.74, 6) is 1.52. The smallest absolute Gasteiger partial charge is 0.265 e. The molecule has 0 saturated carbocycles. The van der Waals surface area contributed by atoms with E-state index in [0.29, 0.717) is 18.0 Å². The average molecular weight is 411 g/mol. The molecule has 1 amide bonds. The predicted molar refractivity (Wildman–Crippen MR) is 116 cm³/mol. The Morgan fingerprint density at radius 1 is 1.07 bits per heavy atom. The molecule has 0 bridgehead atoms. The van der Waals surface area contributed by atoms with Crippen molar-refractivity contribution < 1.29 is 14.3 Å². The van der Waals surface area contributed by atoms with Crippen LogP contribution >= 0.6 is 11.3 Å². The monoisotopic (exact) mass is 410 g/mol. The first-order chi connectivity index (χ1) is 13.9. The van der Waals surface area contributed by atoms with E-state index in [1.165, 1.54) is 16.9 Å². The van der Waals surface area contributed by atoms with Crippen molar-refractivity contribution >= 4 is 17.2 Å². The molecule has 1 aromatic heterocycles. The SMILES string of the molecule is COc1ccc(C)cc1CN(C)C(=O)c1sc(COc2ccc(C)cc2)nc1C. The number of methoxy groups -OCH3 is 1. The number of benzene rings is 2. The molecule has 0 aliphatic heterocycles. The highest BCUT2D eigenvalue weighted by molar-refractivity contribution is 7.13. The fourth-order valence-electron chi connectivity index (χ4n) is 3.02. The molecule has 3 rings (SSSR count). The lowest BCUT2D eigenvalue weighted by atomic mass is 10.1. The molecule has 0 radical (unpaired) electrons. The average Bonchev–Trinajstić information content (AvgIpc) is 3.07. The van der Waals surface area contributed by atoms with Crippen molar-refractivity contribution in [2.75, 3.05) is 14.2 Å². The summed E-state index contributed by atoms with van der Waals surface area (Å²) in [4.78, 5) is 19.9. The summed E-state index contributed by atoms with van der Waals surface area (Å²) in [6.07, 6.45) is 0. The van der Waals surface area contributed by atoms with Crippen LogP contribution in [0.5, 0.6) is 11.5 Å². The maximum Gasteiger partial charge on any atom is 0.265 e. The first-order valence-electron chi connectivity index (χ1n) is 9.42. The van der Waals surface area contributed by atoms with E-state index in [4.69, 9.17) is 9.47 Å². The first-order valence-corrected chi connectivity index (χ1v) is 10.2. The highest BCUT2D eigenvalue weighted by atomic mass is 32.1. The van der Waals surface area contributed by atoms with Crippen molar-refractivity contribution in [3.8, 4) is 11.5 Å². The van der Waals surface area contributed by atoms with E-state index in [1.54, 1.807) is 19.1 Å². The molecule has 152 valence electrons. The van der Waals surface area contributed by atoms with Gasteiger partial charge >= 0.3 is 0 Å². The maximum absolute atomic E-state index is 13.0. The zero-order chi connectivity index (χ0) is 21.0. The Bertz CT molecular complexity index is 996. The van der Waals surface area contributed by atoms with E-state index < -0.39 is 0 Å². The molecule has 2 aromatic carbocycles. The third-order valence-electron chi connectivity index (χ3n) is 4.61. The Labute approximate surface area is 175 Å². The molecule has 3 aromatic rings. The Kier molecular flexibility index (Phi) is 6.54. The Morgan fingerprint density at radius 3 is 2.45 bits per heavy atom. The number of carbonyl (C=O) groups is 1. The maximum atomic E-state index is 13.0. The fraction of sp³-hybridized carbons (Fsp3) is 0.304. The van der Waals surface area contributed by atoms with Gasteiger partial charge in [0.15, 0.2) is 0 Å². The summed E-state index contributed by atoms with van der Waals surface area (Å²) in [7, 11) is 3.44. The quantitative estimate of drug-likeness (QED) is 0.554. The third-order valence-corrected chi connectivity index (χ3v) is 5.73. The molecule has 0 unspecified atom stereocenters. The Hall–Kier alpha value is -2.86. The lowest BCUT2D eigenvalue weighted by Crippen LogP contribution is -2.26. The number of ether oxygens (including phenoxy) is 2. The number of nitrogens with zero attached hydrogens (tertiary/aromatic N) is 2. The summed E-state index contributed by atoms with van der Waals surface area (Å²) >= 11 is 1.38. The van der Waals surface area contributed by atoms with Crippen LogP contribution in [0.15, 0.2) is 42.5 Å². The summed E-state index contributed by atoms with van der Waals surface area (Å²) in [6.45, 7) is 6.74. The molecule has 0 N–H and O–H groups in total. The normalized spacial score (nSPS) is 10.7. The van der Waals surface area contributed by atoms with E-state index in [9.17, 15) is 4.79 Å². The van der Waals surface area contributed by atoms with Crippen LogP contribution in [0.4, 0.5) is 0 Å². The summed E-state index contributed by atoms with van der Waals surface area (Å²) in [5.41, 5.74) is 4.02. The van der Waals surface area contributed by atoms with Crippen molar-refractivity contribution in [1.82, 2.24) is 9.88 Å². The number of thiazole rings is 1. The van der Waals surface area contributed by atoms with Crippen LogP contribution in [0.25, 0.3) is 0 Å². The summed E-state index contributed by atoms with van der Waals surface area (Å²) < 4.78 is 11.2. The molecule has 1 heterocycles. The molecule has 0 aliphatic carbocycles. The molecule has 5 nitrogen and oxygen atoms in total. The minimum atomic E-state index is -0.0508. The lowest BCUT2D eigenvalue weighted by Gasteiger charge is -2.18. The van der Waals surface area contributed by atoms with Gasteiger partial charge in [-0.25, -0.2) is 4.98 Å². The molecule has 6 heteroatoms. The van der Waals surface area contributed by atoms with Crippen LogP contribution in [-0.4, -0.2) is 29.9 Å². The van der Waals surface area contributed by atoms with Gasteiger partial charge in [-0.15, -0.1) is 11.3 Å². The Morgan fingerprint density at radius 2 is 1.76 bits per heavy atom. The van der Waals surface area contributed by atoms with Gasteiger partial charge in [0.1, 0.15) is 28.0 Å². The van der Waals surface area contributed by atoms with Gasteiger partial charge in [0.2, 0.25) is 0 Å². The Balaban J connectivity index is 1.69.